The quantitative estimate of drug-likeness (QED) is 0.476. The summed E-state index contributed by atoms with van der Waals surface area (Å²) in [6.07, 6.45) is -0.185. The van der Waals surface area contributed by atoms with Gasteiger partial charge in [0.25, 0.3) is 0 Å². The number of methoxy groups -OCH3 is 2. The fourth-order valence-electron chi connectivity index (χ4n) is 1.17. The molecular weight excluding hydrogens is 210 g/mol. The molecule has 3 nitrogen and oxygen atoms in total. The van der Waals surface area contributed by atoms with Crippen molar-refractivity contribution in [1.82, 2.24) is 0 Å². The van der Waals surface area contributed by atoms with Crippen molar-refractivity contribution in [3.8, 4) is 0 Å². The largest absolute Gasteiger partial charge is 0.398 e. The molecule has 1 aromatic rings. The topological polar surface area (TPSA) is 44.5 Å². The van der Waals surface area contributed by atoms with E-state index in [2.05, 4.69) is 0 Å². The van der Waals surface area contributed by atoms with Gasteiger partial charge in [-0.1, -0.05) is 12.1 Å². The number of rotatable bonds is 5. The van der Waals surface area contributed by atoms with Gasteiger partial charge in [0.15, 0.2) is 6.29 Å². The molecular formula is C11H17NO2S. The van der Waals surface area contributed by atoms with Crippen LogP contribution < -0.4 is 5.73 Å². The molecule has 0 aliphatic heterocycles. The van der Waals surface area contributed by atoms with Crippen molar-refractivity contribution in [2.75, 3.05) is 25.7 Å². The third-order valence-corrected chi connectivity index (χ3v) is 3.29. The van der Waals surface area contributed by atoms with E-state index in [4.69, 9.17) is 15.2 Å². The minimum Gasteiger partial charge on any atom is -0.398 e. The van der Waals surface area contributed by atoms with Crippen LogP contribution in [0.4, 0.5) is 5.69 Å². The number of para-hydroxylation sites is 1. The Kier molecular flexibility index (Phi) is 4.94. The lowest BCUT2D eigenvalue weighted by Gasteiger charge is -2.14. The maximum atomic E-state index is 5.95. The Balaban J connectivity index is 2.61. The van der Waals surface area contributed by atoms with E-state index in [1.54, 1.807) is 26.0 Å². The molecule has 0 heterocycles. The number of aryl methyl sites for hydroxylation is 1. The first-order chi connectivity index (χ1) is 7.19. The van der Waals surface area contributed by atoms with Crippen LogP contribution in [0.2, 0.25) is 0 Å². The second kappa shape index (κ2) is 6.00. The molecule has 0 aliphatic rings. The monoisotopic (exact) mass is 227 g/mol. The highest BCUT2D eigenvalue weighted by atomic mass is 32.2. The Morgan fingerprint density at radius 1 is 1.33 bits per heavy atom. The van der Waals surface area contributed by atoms with Crippen molar-refractivity contribution in [2.45, 2.75) is 18.1 Å². The van der Waals surface area contributed by atoms with Gasteiger partial charge in [0.1, 0.15) is 0 Å². The van der Waals surface area contributed by atoms with Gasteiger partial charge in [0.05, 0.1) is 0 Å². The Labute approximate surface area is 94.9 Å². The summed E-state index contributed by atoms with van der Waals surface area (Å²) in [5.41, 5.74) is 7.89. The van der Waals surface area contributed by atoms with Crippen molar-refractivity contribution in [3.05, 3.63) is 23.8 Å². The Morgan fingerprint density at radius 2 is 2.00 bits per heavy atom. The molecule has 0 saturated carbocycles. The summed E-state index contributed by atoms with van der Waals surface area (Å²) < 4.78 is 10.2. The minimum atomic E-state index is -0.185. The van der Waals surface area contributed by atoms with Gasteiger partial charge in [-0.15, -0.1) is 11.8 Å². The second-order valence-corrected chi connectivity index (χ2v) is 4.26. The molecule has 0 spiro atoms. The standard InChI is InChI=1S/C11H17NO2S/c1-8-5-4-6-9(11(8)12)15-7-10(13-2)14-3/h4-6,10H,7,12H2,1-3H3. The zero-order valence-corrected chi connectivity index (χ0v) is 10.1. The van der Waals surface area contributed by atoms with Crippen molar-refractivity contribution in [1.29, 1.82) is 0 Å². The van der Waals surface area contributed by atoms with Gasteiger partial charge in [-0.2, -0.15) is 0 Å². The van der Waals surface area contributed by atoms with E-state index in [0.29, 0.717) is 0 Å². The van der Waals surface area contributed by atoms with Crippen molar-refractivity contribution >= 4 is 17.4 Å². The number of anilines is 1. The third kappa shape index (κ3) is 3.41. The smallest absolute Gasteiger partial charge is 0.166 e. The lowest BCUT2D eigenvalue weighted by Crippen LogP contribution is -2.15. The predicted octanol–water partition coefficient (Wildman–Crippen LogP) is 2.29. The van der Waals surface area contributed by atoms with Gasteiger partial charge in [-0.05, 0) is 18.6 Å². The van der Waals surface area contributed by atoms with E-state index in [0.717, 1.165) is 21.9 Å². The lowest BCUT2D eigenvalue weighted by molar-refractivity contribution is -0.0842. The lowest BCUT2D eigenvalue weighted by atomic mass is 10.2. The molecule has 15 heavy (non-hydrogen) atoms. The number of ether oxygens (including phenoxy) is 2. The zero-order chi connectivity index (χ0) is 11.3. The number of nitrogen functional groups attached to an aromatic ring is 1. The summed E-state index contributed by atoms with van der Waals surface area (Å²) in [5.74, 6) is 0.737. The average Bonchev–Trinajstić information content (AvgIpc) is 2.25. The highest BCUT2D eigenvalue weighted by Crippen LogP contribution is 2.28. The first-order valence-electron chi connectivity index (χ1n) is 4.72. The molecule has 1 rings (SSSR count). The molecule has 0 bridgehead atoms. The summed E-state index contributed by atoms with van der Waals surface area (Å²) in [4.78, 5) is 1.08. The maximum absolute atomic E-state index is 5.95. The highest BCUT2D eigenvalue weighted by molar-refractivity contribution is 7.99. The van der Waals surface area contributed by atoms with E-state index in [1.807, 2.05) is 25.1 Å². The number of nitrogens with two attached hydrogens (primary N) is 1. The molecule has 0 unspecified atom stereocenters. The van der Waals surface area contributed by atoms with Crippen LogP contribution >= 0.6 is 11.8 Å². The molecule has 0 fully saturated rings. The highest BCUT2D eigenvalue weighted by Gasteiger charge is 2.08. The van der Waals surface area contributed by atoms with Gasteiger partial charge in [0.2, 0.25) is 0 Å². The Morgan fingerprint density at radius 3 is 2.60 bits per heavy atom. The fourth-order valence-corrected chi connectivity index (χ4v) is 2.25. The SMILES string of the molecule is COC(CSc1cccc(C)c1N)OC. The van der Waals surface area contributed by atoms with Gasteiger partial charge in [0, 0.05) is 30.6 Å². The first kappa shape index (κ1) is 12.4. The van der Waals surface area contributed by atoms with E-state index in [1.165, 1.54) is 0 Å². The van der Waals surface area contributed by atoms with Gasteiger partial charge >= 0.3 is 0 Å². The number of thioether (sulfide) groups is 1. The van der Waals surface area contributed by atoms with Gasteiger partial charge in [-0.3, -0.25) is 0 Å². The number of benzene rings is 1. The van der Waals surface area contributed by atoms with Crippen LogP contribution in [0.15, 0.2) is 23.1 Å². The van der Waals surface area contributed by atoms with Gasteiger partial charge in [-0.25, -0.2) is 0 Å². The van der Waals surface area contributed by atoms with Crippen LogP contribution in [0.3, 0.4) is 0 Å². The zero-order valence-electron chi connectivity index (χ0n) is 9.32. The average molecular weight is 227 g/mol. The third-order valence-electron chi connectivity index (χ3n) is 2.18. The first-order valence-corrected chi connectivity index (χ1v) is 5.71. The van der Waals surface area contributed by atoms with E-state index in [-0.39, 0.29) is 6.29 Å². The molecule has 2 N–H and O–H groups in total. The van der Waals surface area contributed by atoms with Crippen LogP contribution in [0.1, 0.15) is 5.56 Å². The summed E-state index contributed by atoms with van der Waals surface area (Å²) in [6, 6.07) is 6.02. The normalized spacial score (nSPS) is 10.9. The van der Waals surface area contributed by atoms with Crippen molar-refractivity contribution in [3.63, 3.8) is 0 Å². The van der Waals surface area contributed by atoms with Crippen LogP contribution in [-0.4, -0.2) is 26.3 Å². The van der Waals surface area contributed by atoms with Crippen LogP contribution in [0.25, 0.3) is 0 Å². The molecule has 4 heteroatoms. The van der Waals surface area contributed by atoms with E-state index < -0.39 is 0 Å². The summed E-state index contributed by atoms with van der Waals surface area (Å²) in [5, 5.41) is 0. The Hall–Kier alpha value is -0.710. The molecule has 0 aliphatic carbocycles. The number of hydrogen-bond acceptors (Lipinski definition) is 4. The molecule has 84 valence electrons. The molecule has 0 amide bonds. The summed E-state index contributed by atoms with van der Waals surface area (Å²) in [7, 11) is 3.27. The molecule has 0 saturated heterocycles. The minimum absolute atomic E-state index is 0.185. The van der Waals surface area contributed by atoms with Crippen LogP contribution in [0.5, 0.6) is 0 Å². The van der Waals surface area contributed by atoms with Crippen molar-refractivity contribution < 1.29 is 9.47 Å². The molecule has 0 aromatic heterocycles. The van der Waals surface area contributed by atoms with Crippen LogP contribution in [-0.2, 0) is 9.47 Å². The van der Waals surface area contributed by atoms with E-state index >= 15 is 0 Å². The predicted molar refractivity (Wildman–Crippen MR) is 64.1 cm³/mol. The molecule has 1 aromatic carbocycles. The Bertz CT molecular complexity index is 313. The van der Waals surface area contributed by atoms with E-state index in [9.17, 15) is 0 Å². The fraction of sp³-hybridized carbons (Fsp3) is 0.455. The summed E-state index contributed by atoms with van der Waals surface area (Å²) >= 11 is 1.64. The molecule has 0 atom stereocenters. The summed E-state index contributed by atoms with van der Waals surface area (Å²) in [6.45, 7) is 2.00. The van der Waals surface area contributed by atoms with Crippen molar-refractivity contribution in [2.24, 2.45) is 0 Å². The van der Waals surface area contributed by atoms with Crippen LogP contribution in [0, 0.1) is 6.92 Å². The maximum Gasteiger partial charge on any atom is 0.166 e. The molecule has 0 radical (unpaired) electrons. The second-order valence-electron chi connectivity index (χ2n) is 3.20. The number of hydrogen-bond donors (Lipinski definition) is 1. The van der Waals surface area contributed by atoms with Gasteiger partial charge < -0.3 is 15.2 Å².